The molecule has 0 saturated heterocycles. The highest BCUT2D eigenvalue weighted by Crippen LogP contribution is 2.32. The van der Waals surface area contributed by atoms with E-state index in [0.29, 0.717) is 40.9 Å². The lowest BCUT2D eigenvalue weighted by Gasteiger charge is -2.27. The monoisotopic (exact) mass is 456 g/mol. The van der Waals surface area contributed by atoms with Gasteiger partial charge in [-0.15, -0.1) is 0 Å². The van der Waals surface area contributed by atoms with Gasteiger partial charge < -0.3 is 14.9 Å². The number of unbranched alkanes of at least 4 members (excludes halogenated alkanes) is 1. The first-order chi connectivity index (χ1) is 15.5. The van der Waals surface area contributed by atoms with Gasteiger partial charge in [-0.2, -0.15) is 0 Å². The highest BCUT2D eigenvalue weighted by atomic mass is 32.1. The highest BCUT2D eigenvalue weighted by molar-refractivity contribution is 7.71. The van der Waals surface area contributed by atoms with E-state index in [9.17, 15) is 13.6 Å². The van der Waals surface area contributed by atoms with Crippen molar-refractivity contribution in [2.75, 3.05) is 0 Å². The van der Waals surface area contributed by atoms with Crippen molar-refractivity contribution in [1.29, 1.82) is 0 Å². The highest BCUT2D eigenvalue weighted by Gasteiger charge is 2.25. The maximum atomic E-state index is 14.1. The number of amides is 1. The zero-order chi connectivity index (χ0) is 22.7. The third-order valence-electron chi connectivity index (χ3n) is 6.00. The first-order valence-electron chi connectivity index (χ1n) is 10.9. The summed E-state index contributed by atoms with van der Waals surface area (Å²) in [6.07, 6.45) is 8.36. The minimum absolute atomic E-state index is 0.0367. The SMILES string of the molecule is CCCCc1ccc(C(=O)NCc2c[nH]c(=S)n2C2CCc3c(F)cc(F)cc3C2)nc1. The molecule has 1 unspecified atom stereocenters. The number of nitrogens with one attached hydrogen (secondary N) is 2. The molecule has 1 atom stereocenters. The van der Waals surface area contributed by atoms with Crippen molar-refractivity contribution in [2.24, 2.45) is 0 Å². The van der Waals surface area contributed by atoms with Crippen LogP contribution in [0.1, 0.15) is 65.1 Å². The van der Waals surface area contributed by atoms with Gasteiger partial charge in [-0.05, 0) is 73.1 Å². The van der Waals surface area contributed by atoms with E-state index in [1.807, 2.05) is 10.6 Å². The molecule has 0 bridgehead atoms. The summed E-state index contributed by atoms with van der Waals surface area (Å²) in [6, 6.07) is 5.98. The molecule has 4 rings (SSSR count). The Balaban J connectivity index is 1.45. The number of fused-ring (bicyclic) bond motifs is 1. The smallest absolute Gasteiger partial charge is 0.270 e. The van der Waals surface area contributed by atoms with E-state index in [1.165, 1.54) is 6.07 Å². The standard InChI is InChI=1S/C24H26F2N4OS/c1-2-3-4-15-5-8-22(27-12-15)23(31)28-13-19-14-29-24(32)30(19)18-6-7-20-16(10-18)9-17(25)11-21(20)26/h5,8-9,11-12,14,18H,2-4,6-7,10,13H2,1H3,(H,28,31)(H,29,32). The Hall–Kier alpha value is -2.87. The van der Waals surface area contributed by atoms with Crippen molar-refractivity contribution >= 4 is 18.1 Å². The predicted octanol–water partition coefficient (Wildman–Crippen LogP) is 5.22. The molecule has 0 fully saturated rings. The van der Waals surface area contributed by atoms with E-state index in [2.05, 4.69) is 22.2 Å². The van der Waals surface area contributed by atoms with Crippen LogP contribution in [0.5, 0.6) is 0 Å². The molecule has 0 radical (unpaired) electrons. The number of aromatic nitrogens is 3. The number of aromatic amines is 1. The Kier molecular flexibility index (Phi) is 6.79. The summed E-state index contributed by atoms with van der Waals surface area (Å²) in [4.78, 5) is 19.9. The topological polar surface area (TPSA) is 62.7 Å². The number of H-pyrrole nitrogens is 1. The third kappa shape index (κ3) is 4.80. The molecule has 0 aliphatic heterocycles. The Morgan fingerprint density at radius 2 is 2.19 bits per heavy atom. The zero-order valence-electron chi connectivity index (χ0n) is 18.0. The van der Waals surface area contributed by atoms with Crippen molar-refractivity contribution in [2.45, 2.75) is 58.0 Å². The second kappa shape index (κ2) is 9.73. The van der Waals surface area contributed by atoms with Gasteiger partial charge in [0.1, 0.15) is 17.3 Å². The van der Waals surface area contributed by atoms with Gasteiger partial charge in [0.2, 0.25) is 0 Å². The lowest BCUT2D eigenvalue weighted by molar-refractivity contribution is 0.0944. The van der Waals surface area contributed by atoms with Crippen LogP contribution >= 0.6 is 12.2 Å². The Morgan fingerprint density at radius 1 is 1.34 bits per heavy atom. The molecule has 5 nitrogen and oxygen atoms in total. The first-order valence-corrected chi connectivity index (χ1v) is 11.4. The number of imidazole rings is 1. The Bertz CT molecular complexity index is 1170. The molecule has 2 aromatic heterocycles. The molecule has 1 aliphatic rings. The lowest BCUT2D eigenvalue weighted by atomic mass is 9.87. The van der Waals surface area contributed by atoms with Gasteiger partial charge >= 0.3 is 0 Å². The number of halogens is 2. The molecule has 2 heterocycles. The minimum Gasteiger partial charge on any atom is -0.345 e. The molecule has 1 aromatic carbocycles. The van der Waals surface area contributed by atoms with Gasteiger partial charge in [0.25, 0.3) is 5.91 Å². The fourth-order valence-corrected chi connectivity index (χ4v) is 4.63. The number of benzene rings is 1. The van der Waals surface area contributed by atoms with Crippen molar-refractivity contribution in [1.82, 2.24) is 19.9 Å². The summed E-state index contributed by atoms with van der Waals surface area (Å²) in [7, 11) is 0. The van der Waals surface area contributed by atoms with Crippen LogP contribution in [-0.2, 0) is 25.8 Å². The van der Waals surface area contributed by atoms with Crippen LogP contribution in [-0.4, -0.2) is 20.4 Å². The van der Waals surface area contributed by atoms with E-state index >= 15 is 0 Å². The number of carbonyl (C=O) groups excluding carboxylic acids is 1. The molecule has 2 N–H and O–H groups in total. The van der Waals surface area contributed by atoms with Gasteiger partial charge in [0, 0.05) is 24.5 Å². The lowest BCUT2D eigenvalue weighted by Crippen LogP contribution is -2.27. The molecule has 0 saturated carbocycles. The summed E-state index contributed by atoms with van der Waals surface area (Å²) >= 11 is 5.46. The van der Waals surface area contributed by atoms with E-state index in [-0.39, 0.29) is 18.5 Å². The average molecular weight is 457 g/mol. The second-order valence-corrected chi connectivity index (χ2v) is 8.60. The quantitative estimate of drug-likeness (QED) is 0.479. The average Bonchev–Trinajstić information content (AvgIpc) is 3.16. The van der Waals surface area contributed by atoms with Crippen LogP contribution < -0.4 is 5.32 Å². The first kappa shape index (κ1) is 22.3. The molecule has 168 valence electrons. The largest absolute Gasteiger partial charge is 0.345 e. The number of rotatable bonds is 7. The fourth-order valence-electron chi connectivity index (χ4n) is 4.31. The van der Waals surface area contributed by atoms with Crippen LogP contribution in [0.3, 0.4) is 0 Å². The zero-order valence-corrected chi connectivity index (χ0v) is 18.8. The van der Waals surface area contributed by atoms with Crippen LogP contribution in [0.15, 0.2) is 36.7 Å². The molecule has 3 aromatic rings. The number of nitrogens with zero attached hydrogens (tertiary/aromatic N) is 2. The van der Waals surface area contributed by atoms with E-state index < -0.39 is 11.6 Å². The van der Waals surface area contributed by atoms with E-state index in [4.69, 9.17) is 12.2 Å². The van der Waals surface area contributed by atoms with E-state index in [0.717, 1.165) is 36.6 Å². The van der Waals surface area contributed by atoms with Gasteiger partial charge in [-0.1, -0.05) is 19.4 Å². The normalized spacial score (nSPS) is 15.4. The van der Waals surface area contributed by atoms with Gasteiger partial charge in [-0.25, -0.2) is 8.78 Å². The molecule has 32 heavy (non-hydrogen) atoms. The molecular weight excluding hydrogens is 430 g/mol. The molecule has 0 spiro atoms. The maximum Gasteiger partial charge on any atom is 0.270 e. The molecular formula is C24H26F2N4OS. The summed E-state index contributed by atoms with van der Waals surface area (Å²) in [5, 5.41) is 2.90. The van der Waals surface area contributed by atoms with E-state index in [1.54, 1.807) is 18.5 Å². The maximum absolute atomic E-state index is 14.1. The van der Waals surface area contributed by atoms with Crippen molar-refractivity contribution in [3.63, 3.8) is 0 Å². The summed E-state index contributed by atoms with van der Waals surface area (Å²) in [6.45, 7) is 2.41. The number of hydrogen-bond acceptors (Lipinski definition) is 3. The van der Waals surface area contributed by atoms with Gasteiger partial charge in [0.15, 0.2) is 4.77 Å². The second-order valence-electron chi connectivity index (χ2n) is 8.21. The minimum atomic E-state index is -0.569. The molecule has 1 aliphatic carbocycles. The van der Waals surface area contributed by atoms with Crippen LogP contribution in [0.25, 0.3) is 0 Å². The van der Waals surface area contributed by atoms with Crippen LogP contribution in [0.4, 0.5) is 8.78 Å². The number of hydrogen-bond donors (Lipinski definition) is 2. The fraction of sp³-hybridized carbons (Fsp3) is 0.375. The Morgan fingerprint density at radius 3 is 2.94 bits per heavy atom. The summed E-state index contributed by atoms with van der Waals surface area (Å²) < 4.78 is 30.3. The van der Waals surface area contributed by atoms with Gasteiger partial charge in [-0.3, -0.25) is 9.78 Å². The predicted molar refractivity (Wildman–Crippen MR) is 121 cm³/mol. The number of carbonyl (C=O) groups is 1. The summed E-state index contributed by atoms with van der Waals surface area (Å²) in [5.74, 6) is -1.32. The third-order valence-corrected chi connectivity index (χ3v) is 6.31. The van der Waals surface area contributed by atoms with Gasteiger partial charge in [0.05, 0.1) is 12.2 Å². The van der Waals surface area contributed by atoms with Crippen molar-refractivity contribution in [3.8, 4) is 0 Å². The molecule has 8 heteroatoms. The van der Waals surface area contributed by atoms with Crippen LogP contribution in [0, 0.1) is 16.4 Å². The number of pyridine rings is 1. The Labute approximate surface area is 190 Å². The van der Waals surface area contributed by atoms with Crippen LogP contribution in [0.2, 0.25) is 0 Å². The number of aryl methyl sites for hydroxylation is 1. The molecule has 1 amide bonds. The van der Waals surface area contributed by atoms with Crippen molar-refractivity contribution in [3.05, 3.63) is 81.1 Å². The van der Waals surface area contributed by atoms with Crippen molar-refractivity contribution < 1.29 is 13.6 Å². The summed E-state index contributed by atoms with van der Waals surface area (Å²) in [5.41, 5.74) is 3.54.